The molecule has 0 radical (unpaired) electrons. The van der Waals surface area contributed by atoms with E-state index in [2.05, 4.69) is 19.2 Å². The number of hydrogen-bond acceptors (Lipinski definition) is 3. The molecule has 0 aliphatic carbocycles. The monoisotopic (exact) mass is 175 g/mol. The van der Waals surface area contributed by atoms with Crippen molar-refractivity contribution >= 4 is 0 Å². The fourth-order valence-electron chi connectivity index (χ4n) is 0.971. The highest BCUT2D eigenvalue weighted by molar-refractivity contribution is 4.65. The Morgan fingerprint density at radius 3 is 1.92 bits per heavy atom. The van der Waals surface area contributed by atoms with Gasteiger partial charge in [-0.05, 0) is 12.5 Å². The van der Waals surface area contributed by atoms with Gasteiger partial charge in [0.2, 0.25) is 0 Å². The molecule has 0 aromatic rings. The van der Waals surface area contributed by atoms with Crippen LogP contribution in [-0.4, -0.2) is 40.0 Å². The van der Waals surface area contributed by atoms with Gasteiger partial charge in [0.1, 0.15) is 0 Å². The van der Waals surface area contributed by atoms with Gasteiger partial charge < -0.3 is 14.8 Å². The molecule has 3 nitrogen and oxygen atoms in total. The molecule has 0 aromatic carbocycles. The molecule has 0 amide bonds. The van der Waals surface area contributed by atoms with Crippen LogP contribution in [0.25, 0.3) is 0 Å². The molecule has 1 N–H and O–H groups in total. The highest BCUT2D eigenvalue weighted by Gasteiger charge is 2.06. The largest absolute Gasteiger partial charge is 0.383 e. The zero-order chi connectivity index (χ0) is 9.40. The van der Waals surface area contributed by atoms with E-state index in [1.807, 2.05) is 0 Å². The summed E-state index contributed by atoms with van der Waals surface area (Å²) in [5, 5.41) is 3.37. The van der Waals surface area contributed by atoms with Gasteiger partial charge in [-0.2, -0.15) is 0 Å². The van der Waals surface area contributed by atoms with E-state index in [-0.39, 0.29) is 0 Å². The van der Waals surface area contributed by atoms with Crippen LogP contribution in [0.15, 0.2) is 0 Å². The summed E-state index contributed by atoms with van der Waals surface area (Å²) in [5.41, 5.74) is 0. The molecule has 0 saturated heterocycles. The normalized spacial score (nSPS) is 11.5. The molecule has 0 aliphatic heterocycles. The van der Waals surface area contributed by atoms with Gasteiger partial charge in [-0.25, -0.2) is 0 Å². The minimum absolute atomic E-state index is 0.322. The van der Waals surface area contributed by atoms with E-state index in [1.54, 1.807) is 14.2 Å². The Morgan fingerprint density at radius 1 is 1.08 bits per heavy atom. The summed E-state index contributed by atoms with van der Waals surface area (Å²) in [6.07, 6.45) is 0. The average Bonchev–Trinajstić information content (AvgIpc) is 2.01. The van der Waals surface area contributed by atoms with Gasteiger partial charge >= 0.3 is 0 Å². The Balaban J connectivity index is 3.48. The highest BCUT2D eigenvalue weighted by Crippen LogP contribution is 1.91. The zero-order valence-electron chi connectivity index (χ0n) is 8.59. The molecule has 0 heterocycles. The van der Waals surface area contributed by atoms with Crippen LogP contribution in [0.1, 0.15) is 13.8 Å². The Labute approximate surface area is 75.4 Å². The first-order valence-electron chi connectivity index (χ1n) is 4.42. The molecule has 0 fully saturated rings. The molecule has 0 aliphatic rings. The third kappa shape index (κ3) is 6.58. The lowest BCUT2D eigenvalue weighted by Gasteiger charge is -2.18. The molecule has 0 rings (SSSR count). The summed E-state index contributed by atoms with van der Waals surface area (Å²) in [4.78, 5) is 0. The lowest BCUT2D eigenvalue weighted by molar-refractivity contribution is 0.102. The van der Waals surface area contributed by atoms with Crippen molar-refractivity contribution in [3.63, 3.8) is 0 Å². The van der Waals surface area contributed by atoms with E-state index in [4.69, 9.17) is 9.47 Å². The van der Waals surface area contributed by atoms with Gasteiger partial charge in [-0.3, -0.25) is 0 Å². The van der Waals surface area contributed by atoms with E-state index in [0.717, 1.165) is 6.54 Å². The van der Waals surface area contributed by atoms with E-state index >= 15 is 0 Å². The van der Waals surface area contributed by atoms with Crippen molar-refractivity contribution in [2.75, 3.05) is 34.0 Å². The van der Waals surface area contributed by atoms with Gasteiger partial charge in [-0.1, -0.05) is 13.8 Å². The van der Waals surface area contributed by atoms with E-state index in [1.165, 1.54) is 0 Å². The predicted octanol–water partition coefficient (Wildman–Crippen LogP) is 0.893. The average molecular weight is 175 g/mol. The lowest BCUT2D eigenvalue weighted by atomic mass is 10.2. The maximum absolute atomic E-state index is 5.05. The molecule has 0 bridgehead atoms. The van der Waals surface area contributed by atoms with E-state index < -0.39 is 0 Å². The fraction of sp³-hybridized carbons (Fsp3) is 1.00. The smallest absolute Gasteiger partial charge is 0.0638 e. The van der Waals surface area contributed by atoms with Crippen molar-refractivity contribution in [2.24, 2.45) is 5.92 Å². The topological polar surface area (TPSA) is 30.5 Å². The van der Waals surface area contributed by atoms with Gasteiger partial charge in [0.15, 0.2) is 0 Å². The van der Waals surface area contributed by atoms with Crippen LogP contribution in [0, 0.1) is 5.92 Å². The Morgan fingerprint density at radius 2 is 1.58 bits per heavy atom. The van der Waals surface area contributed by atoms with Crippen molar-refractivity contribution < 1.29 is 9.47 Å². The van der Waals surface area contributed by atoms with E-state index in [9.17, 15) is 0 Å². The van der Waals surface area contributed by atoms with Crippen molar-refractivity contribution in [3.8, 4) is 0 Å². The molecule has 74 valence electrons. The summed E-state index contributed by atoms with van der Waals surface area (Å²) < 4.78 is 10.1. The Kier molecular flexibility index (Phi) is 7.45. The highest BCUT2D eigenvalue weighted by atomic mass is 16.5. The van der Waals surface area contributed by atoms with Crippen molar-refractivity contribution in [1.29, 1.82) is 0 Å². The van der Waals surface area contributed by atoms with Gasteiger partial charge in [0.05, 0.1) is 19.3 Å². The standard InChI is InChI=1S/C9H21NO2/c1-8(2)5-10-9(6-11-3)7-12-4/h8-10H,5-7H2,1-4H3. The number of hydrogen-bond donors (Lipinski definition) is 1. The molecular formula is C9H21NO2. The number of ether oxygens (including phenoxy) is 2. The summed E-state index contributed by atoms with van der Waals surface area (Å²) in [7, 11) is 3.42. The second-order valence-corrected chi connectivity index (χ2v) is 3.41. The predicted molar refractivity (Wildman–Crippen MR) is 50.4 cm³/mol. The first-order chi connectivity index (χ1) is 5.70. The van der Waals surface area contributed by atoms with Crippen molar-refractivity contribution in [1.82, 2.24) is 5.32 Å². The van der Waals surface area contributed by atoms with Crippen LogP contribution in [-0.2, 0) is 9.47 Å². The number of nitrogens with one attached hydrogen (secondary N) is 1. The summed E-state index contributed by atoms with van der Waals surface area (Å²) in [6, 6.07) is 0.322. The minimum atomic E-state index is 0.322. The Hall–Kier alpha value is -0.120. The number of rotatable bonds is 7. The maximum Gasteiger partial charge on any atom is 0.0638 e. The first-order valence-corrected chi connectivity index (χ1v) is 4.42. The molecule has 0 atom stereocenters. The molecule has 0 aromatic heterocycles. The minimum Gasteiger partial charge on any atom is -0.383 e. The zero-order valence-corrected chi connectivity index (χ0v) is 8.59. The van der Waals surface area contributed by atoms with Crippen LogP contribution in [0.3, 0.4) is 0 Å². The summed E-state index contributed by atoms with van der Waals surface area (Å²) in [6.45, 7) is 6.80. The quantitative estimate of drug-likeness (QED) is 0.623. The Bertz CT molecular complexity index is 90.5. The van der Waals surface area contributed by atoms with Crippen LogP contribution in [0.4, 0.5) is 0 Å². The SMILES string of the molecule is COCC(COC)NCC(C)C. The van der Waals surface area contributed by atoms with Crippen molar-refractivity contribution in [3.05, 3.63) is 0 Å². The second-order valence-electron chi connectivity index (χ2n) is 3.41. The molecule has 3 heteroatoms. The van der Waals surface area contributed by atoms with Crippen molar-refractivity contribution in [2.45, 2.75) is 19.9 Å². The van der Waals surface area contributed by atoms with Gasteiger partial charge in [-0.15, -0.1) is 0 Å². The van der Waals surface area contributed by atoms with Gasteiger partial charge in [0, 0.05) is 14.2 Å². The first kappa shape index (κ1) is 11.9. The summed E-state index contributed by atoms with van der Waals surface area (Å²) in [5.74, 6) is 0.668. The second kappa shape index (κ2) is 7.53. The molecule has 0 saturated carbocycles. The molecular weight excluding hydrogens is 154 g/mol. The van der Waals surface area contributed by atoms with Crippen LogP contribution < -0.4 is 5.32 Å². The number of methoxy groups -OCH3 is 2. The third-order valence-corrected chi connectivity index (χ3v) is 1.55. The third-order valence-electron chi connectivity index (χ3n) is 1.55. The van der Waals surface area contributed by atoms with Crippen LogP contribution in [0.2, 0.25) is 0 Å². The lowest BCUT2D eigenvalue weighted by Crippen LogP contribution is -2.39. The van der Waals surface area contributed by atoms with Gasteiger partial charge in [0.25, 0.3) is 0 Å². The fourth-order valence-corrected chi connectivity index (χ4v) is 0.971. The van der Waals surface area contributed by atoms with Crippen LogP contribution >= 0.6 is 0 Å². The van der Waals surface area contributed by atoms with Crippen LogP contribution in [0.5, 0.6) is 0 Å². The molecule has 0 spiro atoms. The summed E-state index contributed by atoms with van der Waals surface area (Å²) >= 11 is 0. The van der Waals surface area contributed by atoms with E-state index in [0.29, 0.717) is 25.2 Å². The molecule has 12 heavy (non-hydrogen) atoms. The molecule has 0 unspecified atom stereocenters. The maximum atomic E-state index is 5.05.